The third-order valence-electron chi connectivity index (χ3n) is 4.71. The highest BCUT2D eigenvalue weighted by Crippen LogP contribution is 2.05. The maximum Gasteiger partial charge on any atom is 0.326 e. The van der Waals surface area contributed by atoms with Crippen LogP contribution in [0.3, 0.4) is 0 Å². The summed E-state index contributed by atoms with van der Waals surface area (Å²) in [5, 5.41) is 16.6. The number of amides is 4. The highest BCUT2D eigenvalue weighted by atomic mass is 32.1. The summed E-state index contributed by atoms with van der Waals surface area (Å²) in [4.78, 5) is 60.0. The summed E-state index contributed by atoms with van der Waals surface area (Å²) in [6, 6.07) is -4.58. The average molecular weight is 492 g/mol. The summed E-state index contributed by atoms with van der Waals surface area (Å²) in [7, 11) is 0. The molecule has 0 bridgehead atoms. The first-order valence-corrected chi connectivity index (χ1v) is 11.4. The van der Waals surface area contributed by atoms with Crippen molar-refractivity contribution < 1.29 is 29.1 Å². The summed E-state index contributed by atoms with van der Waals surface area (Å²) in [5.74, 6) is -4.25. The summed E-state index contributed by atoms with van der Waals surface area (Å²) in [5.41, 5.74) is 21.5. The molecule has 0 aromatic heterocycles. The van der Waals surface area contributed by atoms with E-state index in [1.165, 1.54) is 0 Å². The second-order valence-corrected chi connectivity index (χ2v) is 7.92. The molecule has 0 aromatic carbocycles. The van der Waals surface area contributed by atoms with Gasteiger partial charge in [0.05, 0.1) is 12.5 Å². The molecule has 4 unspecified atom stereocenters. The lowest BCUT2D eigenvalue weighted by Gasteiger charge is -2.24. The first kappa shape index (κ1) is 30.6. The third kappa shape index (κ3) is 13.0. The predicted molar refractivity (Wildman–Crippen MR) is 125 cm³/mol. The topological polar surface area (TPSA) is 246 Å². The van der Waals surface area contributed by atoms with Gasteiger partial charge in [-0.05, 0) is 51.6 Å². The van der Waals surface area contributed by atoms with Crippen molar-refractivity contribution in [2.24, 2.45) is 22.9 Å². The number of nitrogens with two attached hydrogens (primary N) is 4. The Balaban J connectivity index is 5.20. The Morgan fingerprint density at radius 3 is 1.67 bits per heavy atom. The minimum Gasteiger partial charge on any atom is -0.480 e. The fourth-order valence-corrected chi connectivity index (χ4v) is 3.10. The van der Waals surface area contributed by atoms with Gasteiger partial charge in [0, 0.05) is 5.75 Å². The highest BCUT2D eigenvalue weighted by Gasteiger charge is 2.29. The van der Waals surface area contributed by atoms with E-state index in [0.29, 0.717) is 38.8 Å². The van der Waals surface area contributed by atoms with E-state index in [1.807, 2.05) is 0 Å². The lowest BCUT2D eigenvalue weighted by molar-refractivity contribution is -0.142. The normalized spacial score (nSPS) is 14.4. The van der Waals surface area contributed by atoms with Gasteiger partial charge in [-0.15, -0.1) is 0 Å². The highest BCUT2D eigenvalue weighted by molar-refractivity contribution is 7.80. The third-order valence-corrected chi connectivity index (χ3v) is 5.08. The summed E-state index contributed by atoms with van der Waals surface area (Å²) in [6.45, 7) is 0.780. The van der Waals surface area contributed by atoms with Gasteiger partial charge in [0.25, 0.3) is 0 Å². The molecule has 13 nitrogen and oxygen atoms in total. The minimum atomic E-state index is -1.24. The van der Waals surface area contributed by atoms with Crippen molar-refractivity contribution in [1.82, 2.24) is 16.0 Å². The van der Waals surface area contributed by atoms with Crippen molar-refractivity contribution in [1.29, 1.82) is 0 Å². The van der Waals surface area contributed by atoms with Crippen molar-refractivity contribution in [2.75, 3.05) is 18.8 Å². The van der Waals surface area contributed by atoms with E-state index in [4.69, 9.17) is 22.9 Å². The zero-order valence-corrected chi connectivity index (χ0v) is 19.5. The van der Waals surface area contributed by atoms with Crippen molar-refractivity contribution in [3.63, 3.8) is 0 Å². The second-order valence-electron chi connectivity index (χ2n) is 7.55. The Morgan fingerprint density at radius 1 is 0.758 bits per heavy atom. The molecule has 12 N–H and O–H groups in total. The number of carboxylic acid groups (broad SMARTS) is 1. The number of primary amides is 1. The molecular formula is C19H37N7O6S. The van der Waals surface area contributed by atoms with Crippen LogP contribution in [0.1, 0.15) is 44.9 Å². The summed E-state index contributed by atoms with van der Waals surface area (Å²) >= 11 is 4.07. The monoisotopic (exact) mass is 491 g/mol. The molecule has 14 heteroatoms. The molecule has 0 aliphatic rings. The molecule has 0 heterocycles. The molecule has 4 amide bonds. The number of rotatable bonds is 18. The Hall–Kier alpha value is -2.42. The minimum absolute atomic E-state index is 0.114. The standard InChI is InChI=1S/C19H37N7O6S/c20-7-3-1-5-12(24-16(28)11(22)9-15(23)27)17(29)26-14(10-33)18(30)25-13(19(31)32)6-2-4-8-21/h11-14,33H,1-10,20-22H2,(H2,23,27)(H,24,28)(H,25,30)(H,26,29)(H,31,32). The zero-order valence-electron chi connectivity index (χ0n) is 18.6. The summed E-state index contributed by atoms with van der Waals surface area (Å²) < 4.78 is 0. The molecule has 0 aliphatic carbocycles. The number of aliphatic carboxylic acids is 1. The number of hydrogen-bond acceptors (Lipinski definition) is 9. The van der Waals surface area contributed by atoms with Crippen LogP contribution >= 0.6 is 12.6 Å². The van der Waals surface area contributed by atoms with Gasteiger partial charge in [-0.2, -0.15) is 12.6 Å². The smallest absolute Gasteiger partial charge is 0.326 e. The van der Waals surface area contributed by atoms with Gasteiger partial charge < -0.3 is 44.0 Å². The molecule has 190 valence electrons. The van der Waals surface area contributed by atoms with Crippen LogP contribution in [0.5, 0.6) is 0 Å². The van der Waals surface area contributed by atoms with Crippen molar-refractivity contribution in [3.05, 3.63) is 0 Å². The van der Waals surface area contributed by atoms with Crippen LogP contribution in [-0.2, 0) is 24.0 Å². The van der Waals surface area contributed by atoms with Crippen LogP contribution in [-0.4, -0.2) is 77.7 Å². The Kier molecular flexibility index (Phi) is 15.9. The molecule has 0 spiro atoms. The zero-order chi connectivity index (χ0) is 25.4. The average Bonchev–Trinajstić information content (AvgIpc) is 2.75. The maximum absolute atomic E-state index is 12.8. The van der Waals surface area contributed by atoms with Gasteiger partial charge in [-0.3, -0.25) is 19.2 Å². The molecular weight excluding hydrogens is 454 g/mol. The molecule has 33 heavy (non-hydrogen) atoms. The Labute approximate surface area is 198 Å². The van der Waals surface area contributed by atoms with Gasteiger partial charge in [0.2, 0.25) is 23.6 Å². The largest absolute Gasteiger partial charge is 0.480 e. The lowest BCUT2D eigenvalue weighted by Crippen LogP contribution is -2.57. The fraction of sp³-hybridized carbons (Fsp3) is 0.737. The first-order valence-electron chi connectivity index (χ1n) is 10.8. The van der Waals surface area contributed by atoms with E-state index in [0.717, 1.165) is 0 Å². The Bertz CT molecular complexity index is 667. The summed E-state index contributed by atoms with van der Waals surface area (Å²) in [6.07, 6.45) is 2.19. The van der Waals surface area contributed by atoms with Gasteiger partial charge in [-0.25, -0.2) is 4.79 Å². The maximum atomic E-state index is 12.8. The fourth-order valence-electron chi connectivity index (χ4n) is 2.84. The van der Waals surface area contributed by atoms with E-state index in [2.05, 4.69) is 28.6 Å². The van der Waals surface area contributed by atoms with Crippen LogP contribution in [0.4, 0.5) is 0 Å². The van der Waals surface area contributed by atoms with E-state index < -0.39 is 60.2 Å². The molecule has 0 aromatic rings. The number of carbonyl (C=O) groups excluding carboxylic acids is 4. The van der Waals surface area contributed by atoms with Crippen molar-refractivity contribution in [2.45, 2.75) is 69.1 Å². The SMILES string of the molecule is NCCCCC(NC(=O)C(CS)NC(=O)C(CCCCN)NC(=O)C(N)CC(N)=O)C(=O)O. The van der Waals surface area contributed by atoms with Gasteiger partial charge >= 0.3 is 5.97 Å². The van der Waals surface area contributed by atoms with Crippen LogP contribution in [0.2, 0.25) is 0 Å². The van der Waals surface area contributed by atoms with Crippen molar-refractivity contribution in [3.8, 4) is 0 Å². The van der Waals surface area contributed by atoms with E-state index in [1.54, 1.807) is 0 Å². The second kappa shape index (κ2) is 17.1. The number of nitrogens with one attached hydrogen (secondary N) is 3. The number of hydrogen-bond donors (Lipinski definition) is 9. The first-order chi connectivity index (χ1) is 15.6. The molecule has 0 aliphatic heterocycles. The van der Waals surface area contributed by atoms with Gasteiger partial charge in [-0.1, -0.05) is 0 Å². The van der Waals surface area contributed by atoms with Crippen LogP contribution in [0.25, 0.3) is 0 Å². The lowest BCUT2D eigenvalue weighted by atomic mass is 10.1. The van der Waals surface area contributed by atoms with E-state index >= 15 is 0 Å². The Morgan fingerprint density at radius 2 is 1.21 bits per heavy atom. The number of unbranched alkanes of at least 4 members (excludes halogenated alkanes) is 2. The van der Waals surface area contributed by atoms with E-state index in [9.17, 15) is 29.1 Å². The molecule has 4 atom stereocenters. The molecule has 0 radical (unpaired) electrons. The van der Waals surface area contributed by atoms with Crippen LogP contribution < -0.4 is 38.9 Å². The van der Waals surface area contributed by atoms with Gasteiger partial charge in [0.15, 0.2) is 0 Å². The predicted octanol–water partition coefficient (Wildman–Crippen LogP) is -3.08. The van der Waals surface area contributed by atoms with Gasteiger partial charge in [0.1, 0.15) is 18.1 Å². The van der Waals surface area contributed by atoms with Crippen molar-refractivity contribution >= 4 is 42.2 Å². The molecule has 0 saturated heterocycles. The number of carbonyl (C=O) groups is 5. The number of carboxylic acids is 1. The van der Waals surface area contributed by atoms with Crippen LogP contribution in [0, 0.1) is 0 Å². The molecule has 0 rings (SSSR count). The van der Waals surface area contributed by atoms with Crippen LogP contribution in [0.15, 0.2) is 0 Å². The molecule has 0 fully saturated rings. The quantitative estimate of drug-likeness (QED) is 0.0695. The van der Waals surface area contributed by atoms with E-state index in [-0.39, 0.29) is 18.6 Å². The molecule has 0 saturated carbocycles. The number of thiol groups is 1.